The van der Waals surface area contributed by atoms with Crippen LogP contribution in [0.3, 0.4) is 0 Å². The Morgan fingerprint density at radius 2 is 2.10 bits per heavy atom. The van der Waals surface area contributed by atoms with Crippen LogP contribution in [0.4, 0.5) is 5.13 Å². The summed E-state index contributed by atoms with van der Waals surface area (Å²) in [5, 5.41) is 1.82. The van der Waals surface area contributed by atoms with Crippen molar-refractivity contribution in [1.82, 2.24) is 4.98 Å². The van der Waals surface area contributed by atoms with E-state index in [4.69, 9.17) is 16.3 Å². The Balaban J connectivity index is 2.50. The highest BCUT2D eigenvalue weighted by Gasteiger charge is 2.19. The number of carbonyl (C=O) groups excluding carboxylic acids is 1. The van der Waals surface area contributed by atoms with Crippen LogP contribution >= 0.6 is 22.9 Å². The molecule has 0 aliphatic heterocycles. The van der Waals surface area contributed by atoms with Crippen LogP contribution in [0.25, 0.3) is 11.3 Å². The third kappa shape index (κ3) is 3.11. The number of hydrogen-bond acceptors (Lipinski definition) is 5. The molecule has 1 aromatic carbocycles. The second-order valence-electron chi connectivity index (χ2n) is 4.33. The summed E-state index contributed by atoms with van der Waals surface area (Å²) in [5.41, 5.74) is 1.36. The van der Waals surface area contributed by atoms with Gasteiger partial charge in [0, 0.05) is 26.1 Å². The minimum Gasteiger partial charge on any atom is -0.413 e. The monoisotopic (exact) mass is 310 g/mol. The van der Waals surface area contributed by atoms with E-state index in [0.717, 1.165) is 10.7 Å². The molecule has 0 unspecified atom stereocenters. The van der Waals surface area contributed by atoms with E-state index >= 15 is 0 Å². The molecule has 20 heavy (non-hydrogen) atoms. The first-order valence-corrected chi connectivity index (χ1v) is 7.36. The summed E-state index contributed by atoms with van der Waals surface area (Å²) in [6.07, 6.45) is 0.317. The number of halogens is 1. The highest BCUT2D eigenvalue weighted by atomic mass is 35.5. The Morgan fingerprint density at radius 1 is 1.40 bits per heavy atom. The van der Waals surface area contributed by atoms with Gasteiger partial charge in [0.1, 0.15) is 5.69 Å². The molecule has 2 rings (SSSR count). The molecule has 0 spiro atoms. The van der Waals surface area contributed by atoms with E-state index in [2.05, 4.69) is 4.98 Å². The number of hydrogen-bond donors (Lipinski definition) is 0. The van der Waals surface area contributed by atoms with E-state index in [0.29, 0.717) is 22.2 Å². The molecule has 1 aromatic heterocycles. The van der Waals surface area contributed by atoms with Gasteiger partial charge in [0.05, 0.1) is 5.02 Å². The third-order valence-corrected chi connectivity index (χ3v) is 4.02. The highest BCUT2D eigenvalue weighted by Crippen LogP contribution is 2.41. The van der Waals surface area contributed by atoms with Crippen LogP contribution in [0.15, 0.2) is 24.3 Å². The van der Waals surface area contributed by atoms with Gasteiger partial charge in [-0.25, -0.2) is 4.98 Å². The van der Waals surface area contributed by atoms with Crippen molar-refractivity contribution in [1.29, 1.82) is 0 Å². The fourth-order valence-corrected chi connectivity index (χ4v) is 2.65. The number of aromatic nitrogens is 1. The zero-order valence-electron chi connectivity index (χ0n) is 11.5. The van der Waals surface area contributed by atoms with Crippen LogP contribution in [0.2, 0.25) is 5.02 Å². The van der Waals surface area contributed by atoms with Gasteiger partial charge in [-0.3, -0.25) is 4.79 Å². The predicted octanol–water partition coefficient (Wildman–Crippen LogP) is 3.84. The SMILES string of the molecule is CCC(=O)Oc1sc(N(C)C)nc1-c1ccccc1Cl. The predicted molar refractivity (Wildman–Crippen MR) is 82.8 cm³/mol. The van der Waals surface area contributed by atoms with Crippen LogP contribution in [-0.4, -0.2) is 25.0 Å². The molecular formula is C14H15ClN2O2S. The number of rotatable bonds is 4. The Morgan fingerprint density at radius 3 is 2.70 bits per heavy atom. The summed E-state index contributed by atoms with van der Waals surface area (Å²) in [4.78, 5) is 17.9. The van der Waals surface area contributed by atoms with Crippen molar-refractivity contribution in [3.8, 4) is 16.3 Å². The molecule has 0 radical (unpaired) electrons. The zero-order chi connectivity index (χ0) is 14.7. The van der Waals surface area contributed by atoms with E-state index in [9.17, 15) is 4.79 Å². The molecule has 1 heterocycles. The van der Waals surface area contributed by atoms with Crippen LogP contribution in [0.5, 0.6) is 5.06 Å². The Labute approximate surface area is 127 Å². The molecule has 4 nitrogen and oxygen atoms in total. The molecule has 6 heteroatoms. The maximum absolute atomic E-state index is 11.5. The minimum atomic E-state index is -0.285. The van der Waals surface area contributed by atoms with E-state index in [1.54, 1.807) is 13.0 Å². The lowest BCUT2D eigenvalue weighted by Crippen LogP contribution is -2.07. The second-order valence-corrected chi connectivity index (χ2v) is 5.68. The smallest absolute Gasteiger partial charge is 0.311 e. The maximum atomic E-state index is 11.5. The van der Waals surface area contributed by atoms with Crippen LogP contribution < -0.4 is 9.64 Å². The Kier molecular flexibility index (Phi) is 4.62. The summed E-state index contributed by atoms with van der Waals surface area (Å²) in [6, 6.07) is 7.38. The van der Waals surface area contributed by atoms with Crippen molar-refractivity contribution in [3.05, 3.63) is 29.3 Å². The lowest BCUT2D eigenvalue weighted by atomic mass is 10.2. The number of nitrogens with zero attached hydrogens (tertiary/aromatic N) is 2. The van der Waals surface area contributed by atoms with Gasteiger partial charge in [-0.15, -0.1) is 0 Å². The molecule has 0 saturated heterocycles. The maximum Gasteiger partial charge on any atom is 0.311 e. The first-order chi connectivity index (χ1) is 9.52. The first kappa shape index (κ1) is 14.8. The van der Waals surface area contributed by atoms with Crippen molar-refractivity contribution < 1.29 is 9.53 Å². The summed E-state index contributed by atoms with van der Waals surface area (Å²) in [6.45, 7) is 1.76. The number of esters is 1. The average molecular weight is 311 g/mol. The van der Waals surface area contributed by atoms with Gasteiger partial charge in [0.2, 0.25) is 5.06 Å². The number of anilines is 1. The molecule has 0 atom stereocenters. The van der Waals surface area contributed by atoms with Crippen LogP contribution in [-0.2, 0) is 4.79 Å². The standard InChI is InChI=1S/C14H15ClN2O2S/c1-4-11(18)19-13-12(16-14(20-13)17(2)3)9-7-5-6-8-10(9)15/h5-8H,4H2,1-3H3. The highest BCUT2D eigenvalue weighted by molar-refractivity contribution is 7.18. The first-order valence-electron chi connectivity index (χ1n) is 6.16. The summed E-state index contributed by atoms with van der Waals surface area (Å²) in [5.74, 6) is -0.285. The van der Waals surface area contributed by atoms with Gasteiger partial charge >= 0.3 is 5.97 Å². The van der Waals surface area contributed by atoms with Gasteiger partial charge < -0.3 is 9.64 Å². The van der Waals surface area contributed by atoms with E-state index in [1.165, 1.54) is 11.3 Å². The number of thiazole rings is 1. The normalized spacial score (nSPS) is 10.4. The van der Waals surface area contributed by atoms with Crippen LogP contribution in [0.1, 0.15) is 13.3 Å². The van der Waals surface area contributed by atoms with Gasteiger partial charge in [-0.05, 0) is 6.07 Å². The second kappa shape index (κ2) is 6.24. The van der Waals surface area contributed by atoms with E-state index in [-0.39, 0.29) is 5.97 Å². The Hall–Kier alpha value is -1.59. The average Bonchev–Trinajstić information content (AvgIpc) is 2.83. The summed E-state index contributed by atoms with van der Waals surface area (Å²) >= 11 is 7.53. The molecule has 0 aliphatic carbocycles. The largest absolute Gasteiger partial charge is 0.413 e. The van der Waals surface area contributed by atoms with E-state index in [1.807, 2.05) is 37.2 Å². The van der Waals surface area contributed by atoms with Gasteiger partial charge in [0.15, 0.2) is 5.13 Å². The van der Waals surface area contributed by atoms with Crippen molar-refractivity contribution in [2.75, 3.05) is 19.0 Å². The summed E-state index contributed by atoms with van der Waals surface area (Å²) < 4.78 is 5.37. The number of carbonyl (C=O) groups is 1. The van der Waals surface area contributed by atoms with Gasteiger partial charge in [-0.2, -0.15) is 0 Å². The summed E-state index contributed by atoms with van der Waals surface area (Å²) in [7, 11) is 3.78. The van der Waals surface area contributed by atoms with Gasteiger partial charge in [-0.1, -0.05) is 48.1 Å². The minimum absolute atomic E-state index is 0.285. The van der Waals surface area contributed by atoms with E-state index < -0.39 is 0 Å². The van der Waals surface area contributed by atoms with Crippen molar-refractivity contribution in [3.63, 3.8) is 0 Å². The third-order valence-electron chi connectivity index (χ3n) is 2.59. The van der Waals surface area contributed by atoms with Crippen molar-refractivity contribution in [2.45, 2.75) is 13.3 Å². The molecule has 0 bridgehead atoms. The van der Waals surface area contributed by atoms with Gasteiger partial charge in [0.25, 0.3) is 0 Å². The molecule has 0 fully saturated rings. The molecule has 106 valence electrons. The number of benzene rings is 1. The molecule has 0 saturated carbocycles. The van der Waals surface area contributed by atoms with Crippen molar-refractivity contribution in [2.24, 2.45) is 0 Å². The molecule has 0 amide bonds. The van der Waals surface area contributed by atoms with Crippen molar-refractivity contribution >= 4 is 34.0 Å². The molecule has 0 N–H and O–H groups in total. The quantitative estimate of drug-likeness (QED) is 0.805. The molecule has 0 aliphatic rings. The Bertz CT molecular complexity index is 625. The molecule has 2 aromatic rings. The lowest BCUT2D eigenvalue weighted by Gasteiger charge is -2.05. The number of ether oxygens (including phenoxy) is 1. The zero-order valence-corrected chi connectivity index (χ0v) is 13.1. The lowest BCUT2D eigenvalue weighted by molar-refractivity contribution is -0.133. The van der Waals surface area contributed by atoms with Crippen LogP contribution in [0, 0.1) is 0 Å². The molecular weight excluding hydrogens is 296 g/mol. The fraction of sp³-hybridized carbons (Fsp3) is 0.286. The fourth-order valence-electron chi connectivity index (χ4n) is 1.55. The topological polar surface area (TPSA) is 42.4 Å².